The predicted molar refractivity (Wildman–Crippen MR) is 113 cm³/mol. The maximum Gasteiger partial charge on any atom is 0.249 e. The van der Waals surface area contributed by atoms with Crippen molar-refractivity contribution in [2.24, 2.45) is 0 Å². The number of halogens is 1. The number of aromatic nitrogens is 4. The van der Waals surface area contributed by atoms with Crippen molar-refractivity contribution in [2.75, 3.05) is 37.7 Å². The first-order valence-electron chi connectivity index (χ1n) is 10.1. The lowest BCUT2D eigenvalue weighted by molar-refractivity contribution is -0.137. The van der Waals surface area contributed by atoms with Crippen LogP contribution < -0.4 is 0 Å². The Kier molecular flexibility index (Phi) is 6.08. The Hall–Kier alpha value is -2.04. The van der Waals surface area contributed by atoms with Gasteiger partial charge in [0.2, 0.25) is 11.7 Å². The van der Waals surface area contributed by atoms with Crippen LogP contribution in [0.2, 0.25) is 5.02 Å². The molecule has 2 aliphatic rings. The minimum absolute atomic E-state index is 0.0313. The lowest BCUT2D eigenvalue weighted by Gasteiger charge is -2.38. The van der Waals surface area contributed by atoms with E-state index in [4.69, 9.17) is 11.6 Å². The number of hydrogen-bond donors (Lipinski definition) is 0. The van der Waals surface area contributed by atoms with E-state index < -0.39 is 15.9 Å². The van der Waals surface area contributed by atoms with Crippen LogP contribution in [0.3, 0.4) is 0 Å². The summed E-state index contributed by atoms with van der Waals surface area (Å²) in [5.74, 6) is 0.916. The van der Waals surface area contributed by atoms with Gasteiger partial charge in [0.05, 0.1) is 11.5 Å². The Morgan fingerprint density at radius 1 is 1.20 bits per heavy atom. The zero-order valence-electron chi connectivity index (χ0n) is 16.8. The fourth-order valence-electron chi connectivity index (χ4n) is 4.09. The lowest BCUT2D eigenvalue weighted by Crippen LogP contribution is -2.53. The second kappa shape index (κ2) is 8.60. The molecule has 2 fully saturated rings. The Balaban J connectivity index is 1.39. The molecular formula is C19H25ClN6O3S. The van der Waals surface area contributed by atoms with E-state index in [0.717, 1.165) is 5.56 Å². The Morgan fingerprint density at radius 3 is 2.50 bits per heavy atom. The van der Waals surface area contributed by atoms with Crippen LogP contribution in [0.1, 0.15) is 25.8 Å². The number of benzene rings is 1. The van der Waals surface area contributed by atoms with Gasteiger partial charge in [0, 0.05) is 42.8 Å². The second-order valence-electron chi connectivity index (χ2n) is 7.78. The predicted octanol–water partition coefficient (Wildman–Crippen LogP) is 1.28. The quantitative estimate of drug-likeness (QED) is 0.673. The molecule has 1 aromatic heterocycles. The highest BCUT2D eigenvalue weighted by atomic mass is 35.5. The molecule has 30 heavy (non-hydrogen) atoms. The van der Waals surface area contributed by atoms with Crippen LogP contribution in [0, 0.1) is 0 Å². The van der Waals surface area contributed by atoms with Gasteiger partial charge in [0.1, 0.15) is 0 Å². The summed E-state index contributed by atoms with van der Waals surface area (Å²) >= 11 is 5.93. The van der Waals surface area contributed by atoms with Gasteiger partial charge in [0.15, 0.2) is 15.9 Å². The lowest BCUT2D eigenvalue weighted by atomic mass is 10.1. The standard InChI is InChI=1S/C19H25ClN6O3S/c1-2-17(26-22-18(21-23-26)14-3-5-15(20)6-4-14)19(27)25-10-8-24(9-11-25)16-7-12-30(28,29)13-16/h3-6,16-17H,2,7-13H2,1H3. The van der Waals surface area contributed by atoms with Crippen molar-refractivity contribution >= 4 is 27.3 Å². The maximum atomic E-state index is 13.1. The average Bonchev–Trinajstić information content (AvgIpc) is 3.36. The van der Waals surface area contributed by atoms with Gasteiger partial charge < -0.3 is 4.90 Å². The summed E-state index contributed by atoms with van der Waals surface area (Å²) in [5, 5.41) is 13.3. The molecule has 2 unspecified atom stereocenters. The summed E-state index contributed by atoms with van der Waals surface area (Å²) in [6, 6.07) is 6.71. The van der Waals surface area contributed by atoms with Crippen LogP contribution in [-0.4, -0.2) is 88.1 Å². The number of carbonyl (C=O) groups excluding carboxylic acids is 1. The number of nitrogens with zero attached hydrogens (tertiary/aromatic N) is 6. The minimum Gasteiger partial charge on any atom is -0.338 e. The van der Waals surface area contributed by atoms with E-state index >= 15 is 0 Å². The van der Waals surface area contributed by atoms with Crippen molar-refractivity contribution in [3.8, 4) is 11.4 Å². The van der Waals surface area contributed by atoms with E-state index in [2.05, 4.69) is 20.3 Å². The van der Waals surface area contributed by atoms with Gasteiger partial charge in [-0.1, -0.05) is 18.5 Å². The summed E-state index contributed by atoms with van der Waals surface area (Å²) in [7, 11) is -2.91. The maximum absolute atomic E-state index is 13.1. The average molecular weight is 453 g/mol. The Bertz CT molecular complexity index is 1000. The molecule has 2 aromatic rings. The number of amides is 1. The number of rotatable bonds is 5. The third kappa shape index (κ3) is 4.50. The highest BCUT2D eigenvalue weighted by Gasteiger charge is 2.35. The van der Waals surface area contributed by atoms with E-state index in [1.165, 1.54) is 4.80 Å². The normalized spacial score (nSPS) is 22.9. The monoisotopic (exact) mass is 452 g/mol. The molecule has 1 aromatic carbocycles. The van der Waals surface area contributed by atoms with Crippen LogP contribution in [-0.2, 0) is 14.6 Å². The van der Waals surface area contributed by atoms with Crippen molar-refractivity contribution in [1.29, 1.82) is 0 Å². The molecule has 0 radical (unpaired) electrons. The minimum atomic E-state index is -2.91. The third-order valence-electron chi connectivity index (χ3n) is 5.83. The van der Waals surface area contributed by atoms with Gasteiger partial charge in [-0.25, -0.2) is 8.42 Å². The molecule has 0 bridgehead atoms. The van der Waals surface area contributed by atoms with Gasteiger partial charge in [-0.05, 0) is 42.3 Å². The molecular weight excluding hydrogens is 428 g/mol. The summed E-state index contributed by atoms with van der Waals surface area (Å²) in [6.07, 6.45) is 1.24. The summed E-state index contributed by atoms with van der Waals surface area (Å²) < 4.78 is 23.5. The first kappa shape index (κ1) is 21.2. The molecule has 0 spiro atoms. The molecule has 1 amide bonds. The molecule has 0 saturated carbocycles. The Labute approximate surface area is 180 Å². The van der Waals surface area contributed by atoms with E-state index in [-0.39, 0.29) is 23.5 Å². The van der Waals surface area contributed by atoms with Crippen molar-refractivity contribution in [3.05, 3.63) is 29.3 Å². The van der Waals surface area contributed by atoms with E-state index in [9.17, 15) is 13.2 Å². The van der Waals surface area contributed by atoms with E-state index in [1.54, 1.807) is 12.1 Å². The van der Waals surface area contributed by atoms with Gasteiger partial charge in [-0.15, -0.1) is 10.2 Å². The first-order chi connectivity index (χ1) is 14.4. The number of hydrogen-bond acceptors (Lipinski definition) is 7. The molecule has 11 heteroatoms. The van der Waals surface area contributed by atoms with Gasteiger partial charge >= 0.3 is 0 Å². The molecule has 0 N–H and O–H groups in total. The molecule has 0 aliphatic carbocycles. The summed E-state index contributed by atoms with van der Waals surface area (Å²) in [5.41, 5.74) is 0.785. The van der Waals surface area contributed by atoms with Crippen molar-refractivity contribution in [1.82, 2.24) is 30.0 Å². The Morgan fingerprint density at radius 2 is 1.90 bits per heavy atom. The molecule has 4 rings (SSSR count). The highest BCUT2D eigenvalue weighted by molar-refractivity contribution is 7.91. The first-order valence-corrected chi connectivity index (χ1v) is 12.3. The highest BCUT2D eigenvalue weighted by Crippen LogP contribution is 2.22. The van der Waals surface area contributed by atoms with Gasteiger partial charge in [0.25, 0.3) is 0 Å². The second-order valence-corrected chi connectivity index (χ2v) is 10.4. The smallest absolute Gasteiger partial charge is 0.249 e. The molecule has 9 nitrogen and oxygen atoms in total. The summed E-state index contributed by atoms with van der Waals surface area (Å²) in [6.45, 7) is 4.44. The fourth-order valence-corrected chi connectivity index (χ4v) is 5.98. The van der Waals surface area contributed by atoms with Gasteiger partial charge in [-0.3, -0.25) is 9.69 Å². The fraction of sp³-hybridized carbons (Fsp3) is 0.579. The zero-order valence-corrected chi connectivity index (χ0v) is 18.4. The molecule has 2 saturated heterocycles. The summed E-state index contributed by atoms with van der Waals surface area (Å²) in [4.78, 5) is 18.5. The van der Waals surface area contributed by atoms with Crippen molar-refractivity contribution < 1.29 is 13.2 Å². The molecule has 2 aliphatic heterocycles. The molecule has 162 valence electrons. The van der Waals surface area contributed by atoms with E-state index in [0.29, 0.717) is 49.9 Å². The van der Waals surface area contributed by atoms with Crippen LogP contribution in [0.5, 0.6) is 0 Å². The molecule has 3 heterocycles. The van der Waals surface area contributed by atoms with Crippen LogP contribution in [0.15, 0.2) is 24.3 Å². The number of tetrazole rings is 1. The number of sulfone groups is 1. The van der Waals surface area contributed by atoms with Crippen LogP contribution in [0.25, 0.3) is 11.4 Å². The van der Waals surface area contributed by atoms with E-state index in [1.807, 2.05) is 24.0 Å². The van der Waals surface area contributed by atoms with Crippen molar-refractivity contribution in [3.63, 3.8) is 0 Å². The van der Waals surface area contributed by atoms with Gasteiger partial charge in [-0.2, -0.15) is 4.80 Å². The topological polar surface area (TPSA) is 101 Å². The largest absolute Gasteiger partial charge is 0.338 e. The SMILES string of the molecule is CCC(C(=O)N1CCN(C2CCS(=O)(=O)C2)CC1)n1nnc(-c2ccc(Cl)cc2)n1. The third-order valence-corrected chi connectivity index (χ3v) is 7.83. The molecule has 2 atom stereocenters. The van der Waals surface area contributed by atoms with Crippen molar-refractivity contribution in [2.45, 2.75) is 31.8 Å². The zero-order chi connectivity index (χ0) is 21.3. The van der Waals surface area contributed by atoms with Crippen LogP contribution >= 0.6 is 11.6 Å². The number of carbonyl (C=O) groups is 1. The van der Waals surface area contributed by atoms with Crippen LogP contribution in [0.4, 0.5) is 0 Å². The number of piperazine rings is 1.